The highest BCUT2D eigenvalue weighted by molar-refractivity contribution is 5.94. The number of esters is 1. The molecule has 0 fully saturated rings. The van der Waals surface area contributed by atoms with Crippen LogP contribution in [0.1, 0.15) is 45.2 Å². The van der Waals surface area contributed by atoms with Crippen molar-refractivity contribution in [3.05, 3.63) is 47.7 Å². The molecule has 6 nitrogen and oxygen atoms in total. The lowest BCUT2D eigenvalue weighted by Crippen LogP contribution is -2.28. The Morgan fingerprint density at radius 2 is 1.86 bits per heavy atom. The van der Waals surface area contributed by atoms with Gasteiger partial charge in [-0.25, -0.2) is 4.98 Å². The highest BCUT2D eigenvalue weighted by Crippen LogP contribution is 2.26. The van der Waals surface area contributed by atoms with Gasteiger partial charge in [-0.05, 0) is 57.9 Å². The van der Waals surface area contributed by atoms with Gasteiger partial charge in [0.25, 0.3) is 0 Å². The van der Waals surface area contributed by atoms with Crippen LogP contribution in [-0.4, -0.2) is 22.5 Å². The number of nitrogens with one attached hydrogen (secondary N) is 1. The lowest BCUT2D eigenvalue weighted by atomic mass is 10.1. The van der Waals surface area contributed by atoms with Crippen LogP contribution < -0.4 is 10.1 Å². The molecule has 6 heteroatoms. The van der Waals surface area contributed by atoms with E-state index in [4.69, 9.17) is 9.47 Å². The predicted molar refractivity (Wildman–Crippen MR) is 108 cm³/mol. The SMILES string of the molecule is Cc1cccc(Oc2ccc(NC(=O)[C@@H](C)CC(=O)OC(C)(C)C)cn2)c1C. The first-order chi connectivity index (χ1) is 13.0. The lowest BCUT2D eigenvalue weighted by Gasteiger charge is -2.20. The molecule has 28 heavy (non-hydrogen) atoms. The number of pyridine rings is 1. The first kappa shape index (κ1) is 21.4. The summed E-state index contributed by atoms with van der Waals surface area (Å²) in [5, 5.41) is 2.76. The summed E-state index contributed by atoms with van der Waals surface area (Å²) in [6.07, 6.45) is 1.54. The molecule has 1 N–H and O–H groups in total. The van der Waals surface area contributed by atoms with Crippen LogP contribution in [0.2, 0.25) is 0 Å². The zero-order valence-corrected chi connectivity index (χ0v) is 17.3. The van der Waals surface area contributed by atoms with Gasteiger partial charge >= 0.3 is 5.97 Å². The second kappa shape index (κ2) is 8.87. The first-order valence-electron chi connectivity index (χ1n) is 9.28. The normalized spacial score (nSPS) is 12.2. The molecular weight excluding hydrogens is 356 g/mol. The molecule has 150 valence electrons. The van der Waals surface area contributed by atoms with Gasteiger partial charge in [0.05, 0.1) is 18.3 Å². The van der Waals surface area contributed by atoms with Crippen LogP contribution in [0.4, 0.5) is 5.69 Å². The van der Waals surface area contributed by atoms with Crippen LogP contribution in [0.25, 0.3) is 0 Å². The number of hydrogen-bond acceptors (Lipinski definition) is 5. The van der Waals surface area contributed by atoms with E-state index in [0.717, 1.165) is 16.9 Å². The van der Waals surface area contributed by atoms with E-state index in [1.54, 1.807) is 39.8 Å². The molecule has 0 unspecified atom stereocenters. The summed E-state index contributed by atoms with van der Waals surface area (Å²) >= 11 is 0. The van der Waals surface area contributed by atoms with Gasteiger partial charge in [-0.15, -0.1) is 0 Å². The molecule has 0 aliphatic heterocycles. The van der Waals surface area contributed by atoms with Crippen molar-refractivity contribution >= 4 is 17.6 Å². The van der Waals surface area contributed by atoms with Gasteiger partial charge < -0.3 is 14.8 Å². The number of carbonyl (C=O) groups is 2. The summed E-state index contributed by atoms with van der Waals surface area (Å²) in [7, 11) is 0. The highest BCUT2D eigenvalue weighted by atomic mass is 16.6. The number of aromatic nitrogens is 1. The maximum Gasteiger partial charge on any atom is 0.307 e. The summed E-state index contributed by atoms with van der Waals surface area (Å²) < 4.78 is 11.1. The first-order valence-corrected chi connectivity index (χ1v) is 9.28. The van der Waals surface area contributed by atoms with Crippen LogP contribution in [-0.2, 0) is 14.3 Å². The maximum atomic E-state index is 12.3. The standard InChI is InChI=1S/C22H28N2O4/c1-14-8-7-9-18(16(14)3)27-19-11-10-17(13-23-19)24-21(26)15(2)12-20(25)28-22(4,5)6/h7-11,13,15H,12H2,1-6H3,(H,24,26)/t15-/m0/s1. The molecule has 0 bridgehead atoms. The largest absolute Gasteiger partial charge is 0.460 e. The van der Waals surface area contributed by atoms with Crippen LogP contribution >= 0.6 is 0 Å². The number of amides is 1. The van der Waals surface area contributed by atoms with Crippen LogP contribution in [0.15, 0.2) is 36.5 Å². The molecule has 0 radical (unpaired) electrons. The minimum absolute atomic E-state index is 0.0182. The zero-order valence-electron chi connectivity index (χ0n) is 17.3. The molecule has 1 heterocycles. The molecule has 1 aromatic carbocycles. The monoisotopic (exact) mass is 384 g/mol. The molecule has 1 amide bonds. The Hall–Kier alpha value is -2.89. The van der Waals surface area contributed by atoms with Crippen LogP contribution in [0.3, 0.4) is 0 Å². The van der Waals surface area contributed by atoms with Crippen molar-refractivity contribution in [2.45, 2.75) is 53.6 Å². The summed E-state index contributed by atoms with van der Waals surface area (Å²) in [4.78, 5) is 28.4. The van der Waals surface area contributed by atoms with E-state index in [1.807, 2.05) is 32.0 Å². The highest BCUT2D eigenvalue weighted by Gasteiger charge is 2.22. The molecule has 0 saturated heterocycles. The van der Waals surface area contributed by atoms with Gasteiger partial charge in [0.15, 0.2) is 0 Å². The zero-order chi connectivity index (χ0) is 20.9. The summed E-state index contributed by atoms with van der Waals surface area (Å²) in [6.45, 7) is 11.1. The summed E-state index contributed by atoms with van der Waals surface area (Å²) in [6, 6.07) is 9.24. The topological polar surface area (TPSA) is 77.5 Å². The fraction of sp³-hybridized carbons (Fsp3) is 0.409. The Balaban J connectivity index is 1.93. The average Bonchev–Trinajstić information content (AvgIpc) is 2.58. The second-order valence-corrected chi connectivity index (χ2v) is 7.87. The predicted octanol–water partition coefficient (Wildman–Crippen LogP) is 4.80. The van der Waals surface area contributed by atoms with Gasteiger partial charge in [-0.2, -0.15) is 0 Å². The minimum atomic E-state index is -0.567. The fourth-order valence-electron chi connectivity index (χ4n) is 2.45. The molecule has 0 aliphatic rings. The van der Waals surface area contributed by atoms with E-state index >= 15 is 0 Å². The fourth-order valence-corrected chi connectivity index (χ4v) is 2.45. The molecule has 0 spiro atoms. The van der Waals surface area contributed by atoms with Crippen molar-refractivity contribution in [1.29, 1.82) is 0 Å². The lowest BCUT2D eigenvalue weighted by molar-refractivity contribution is -0.156. The molecule has 0 saturated carbocycles. The van der Waals surface area contributed by atoms with E-state index in [9.17, 15) is 9.59 Å². The second-order valence-electron chi connectivity index (χ2n) is 7.87. The average molecular weight is 384 g/mol. The quantitative estimate of drug-likeness (QED) is 0.724. The van der Waals surface area contributed by atoms with Gasteiger partial charge in [0.2, 0.25) is 11.8 Å². The molecule has 0 aliphatic carbocycles. The Morgan fingerprint density at radius 1 is 1.14 bits per heavy atom. The van der Waals surface area contributed by atoms with Crippen molar-refractivity contribution in [1.82, 2.24) is 4.98 Å². The molecule has 1 atom stereocenters. The maximum absolute atomic E-state index is 12.3. The third-order valence-corrected chi connectivity index (χ3v) is 4.11. The van der Waals surface area contributed by atoms with Crippen molar-refractivity contribution in [3.8, 4) is 11.6 Å². The number of carbonyl (C=O) groups excluding carboxylic acids is 2. The molecular formula is C22H28N2O4. The number of anilines is 1. The van der Waals surface area contributed by atoms with Gasteiger partial charge in [0, 0.05) is 12.0 Å². The van der Waals surface area contributed by atoms with Crippen molar-refractivity contribution in [2.24, 2.45) is 5.92 Å². The minimum Gasteiger partial charge on any atom is -0.460 e. The van der Waals surface area contributed by atoms with E-state index in [0.29, 0.717) is 11.6 Å². The number of ether oxygens (including phenoxy) is 2. The third kappa shape index (κ3) is 6.37. The van der Waals surface area contributed by atoms with Crippen molar-refractivity contribution in [3.63, 3.8) is 0 Å². The third-order valence-electron chi connectivity index (χ3n) is 4.11. The Morgan fingerprint density at radius 3 is 2.46 bits per heavy atom. The van der Waals surface area contributed by atoms with Gasteiger partial charge in [-0.3, -0.25) is 9.59 Å². The Kier molecular flexibility index (Phi) is 6.78. The molecule has 1 aromatic heterocycles. The van der Waals surface area contributed by atoms with E-state index in [-0.39, 0.29) is 12.3 Å². The van der Waals surface area contributed by atoms with Crippen molar-refractivity contribution in [2.75, 3.05) is 5.32 Å². The van der Waals surface area contributed by atoms with E-state index in [2.05, 4.69) is 10.3 Å². The van der Waals surface area contributed by atoms with Gasteiger partial charge in [-0.1, -0.05) is 19.1 Å². The Bertz CT molecular complexity index is 839. The summed E-state index contributed by atoms with van der Waals surface area (Å²) in [5.41, 5.74) is 2.16. The van der Waals surface area contributed by atoms with E-state index in [1.165, 1.54) is 6.20 Å². The van der Waals surface area contributed by atoms with Crippen LogP contribution in [0.5, 0.6) is 11.6 Å². The van der Waals surface area contributed by atoms with Crippen molar-refractivity contribution < 1.29 is 19.1 Å². The number of benzene rings is 1. The molecule has 2 aromatic rings. The summed E-state index contributed by atoms with van der Waals surface area (Å²) in [5.74, 6) is 0.00546. The smallest absolute Gasteiger partial charge is 0.307 e. The Labute approximate surface area is 166 Å². The van der Waals surface area contributed by atoms with Gasteiger partial charge in [0.1, 0.15) is 11.4 Å². The number of aryl methyl sites for hydroxylation is 1. The number of hydrogen-bond donors (Lipinski definition) is 1. The van der Waals surface area contributed by atoms with Crippen LogP contribution in [0, 0.1) is 19.8 Å². The van der Waals surface area contributed by atoms with E-state index < -0.39 is 17.5 Å². The number of nitrogens with zero attached hydrogens (tertiary/aromatic N) is 1. The molecule has 2 rings (SSSR count). The number of rotatable bonds is 6.